The molecule has 4 aromatic rings. The first-order valence-electron chi connectivity index (χ1n) is 10.5. The van der Waals surface area contributed by atoms with Crippen LogP contribution in [0.3, 0.4) is 0 Å². The number of benzene rings is 3. The van der Waals surface area contributed by atoms with Gasteiger partial charge in [0.25, 0.3) is 5.91 Å². The molecule has 0 radical (unpaired) electrons. The lowest BCUT2D eigenvalue weighted by Gasteiger charge is -2.20. The van der Waals surface area contributed by atoms with Gasteiger partial charge in [-0.25, -0.2) is 9.37 Å². The normalized spacial score (nSPS) is 11.7. The quantitative estimate of drug-likeness (QED) is 0.414. The van der Waals surface area contributed by atoms with E-state index < -0.39 is 5.82 Å². The highest BCUT2D eigenvalue weighted by Gasteiger charge is 2.23. The molecule has 0 aliphatic rings. The first kappa shape index (κ1) is 21.2. The topological polar surface area (TPSA) is 65.8 Å². The number of nitrogens with one attached hydrogen (secondary N) is 1. The van der Waals surface area contributed by atoms with E-state index in [0.29, 0.717) is 39.7 Å². The van der Waals surface area contributed by atoms with Gasteiger partial charge in [0.2, 0.25) is 0 Å². The zero-order valence-electron chi connectivity index (χ0n) is 17.7. The van der Waals surface area contributed by atoms with Crippen LogP contribution in [0.4, 0.5) is 4.39 Å². The Morgan fingerprint density at radius 1 is 1.06 bits per heavy atom. The molecule has 1 atom stereocenters. The smallest absolute Gasteiger partial charge is 0.252 e. The van der Waals surface area contributed by atoms with Gasteiger partial charge in [0.05, 0.1) is 35.3 Å². The van der Waals surface area contributed by atoms with Crippen molar-refractivity contribution in [3.8, 4) is 17.3 Å². The maximum absolute atomic E-state index is 14.0. The van der Waals surface area contributed by atoms with Crippen molar-refractivity contribution in [1.82, 2.24) is 10.3 Å². The Balaban J connectivity index is 1.90. The van der Waals surface area contributed by atoms with Gasteiger partial charge < -0.3 is 5.32 Å². The fourth-order valence-electron chi connectivity index (χ4n) is 3.97. The van der Waals surface area contributed by atoms with Gasteiger partial charge in [-0.3, -0.25) is 4.79 Å². The van der Waals surface area contributed by atoms with Crippen molar-refractivity contribution >= 4 is 16.8 Å². The van der Waals surface area contributed by atoms with Crippen molar-refractivity contribution in [2.45, 2.75) is 25.8 Å². The van der Waals surface area contributed by atoms with Gasteiger partial charge in [0.1, 0.15) is 5.82 Å². The molecule has 1 heterocycles. The number of carbonyl (C=O) groups is 1. The zero-order valence-corrected chi connectivity index (χ0v) is 17.7. The number of hydrogen-bond acceptors (Lipinski definition) is 3. The number of rotatable bonds is 6. The minimum Gasteiger partial charge on any atom is -0.345 e. The summed E-state index contributed by atoms with van der Waals surface area (Å²) in [6.45, 7) is 2.01. The predicted molar refractivity (Wildman–Crippen MR) is 123 cm³/mol. The number of halogens is 1. The molecule has 0 fully saturated rings. The molecule has 1 N–H and O–H groups in total. The van der Waals surface area contributed by atoms with Crippen LogP contribution in [0.5, 0.6) is 0 Å². The molecule has 5 heteroatoms. The number of nitriles is 1. The number of nitrogens with zero attached hydrogens (tertiary/aromatic N) is 2. The molecule has 3 aromatic carbocycles. The summed E-state index contributed by atoms with van der Waals surface area (Å²) < 4.78 is 14.0. The molecule has 0 aliphatic carbocycles. The van der Waals surface area contributed by atoms with Crippen molar-refractivity contribution in [2.75, 3.05) is 0 Å². The Bertz CT molecular complexity index is 1310. The van der Waals surface area contributed by atoms with E-state index in [1.165, 1.54) is 12.1 Å². The Hall–Kier alpha value is -4.04. The first-order valence-corrected chi connectivity index (χ1v) is 10.5. The summed E-state index contributed by atoms with van der Waals surface area (Å²) in [5, 5.41) is 13.3. The van der Waals surface area contributed by atoms with Crippen molar-refractivity contribution in [1.29, 1.82) is 5.26 Å². The number of para-hydroxylation sites is 1. The predicted octanol–water partition coefficient (Wildman–Crippen LogP) is 5.99. The molecular formula is C27H22FN3O. The van der Waals surface area contributed by atoms with E-state index in [1.54, 1.807) is 12.1 Å². The van der Waals surface area contributed by atoms with Gasteiger partial charge in [0, 0.05) is 16.5 Å². The van der Waals surface area contributed by atoms with Crippen LogP contribution in [0.2, 0.25) is 0 Å². The summed E-state index contributed by atoms with van der Waals surface area (Å²) >= 11 is 0. The summed E-state index contributed by atoms with van der Waals surface area (Å²) in [6, 6.07) is 25.1. The highest BCUT2D eigenvalue weighted by atomic mass is 19.1. The van der Waals surface area contributed by atoms with Gasteiger partial charge in [-0.05, 0) is 30.2 Å². The Morgan fingerprint density at radius 2 is 1.81 bits per heavy atom. The van der Waals surface area contributed by atoms with Gasteiger partial charge >= 0.3 is 0 Å². The van der Waals surface area contributed by atoms with Crippen LogP contribution in [0, 0.1) is 17.1 Å². The van der Waals surface area contributed by atoms with E-state index >= 15 is 0 Å². The third-order valence-corrected chi connectivity index (χ3v) is 5.49. The second-order valence-corrected chi connectivity index (χ2v) is 7.52. The SMILES string of the molecule is CC[C@H](NC(=O)c1c(CC#N)c(-c2cccc(F)c2)nc2ccccc12)c1ccccc1. The third kappa shape index (κ3) is 4.21. The fraction of sp³-hybridized carbons (Fsp3) is 0.148. The van der Waals surface area contributed by atoms with E-state index in [-0.39, 0.29) is 18.4 Å². The number of pyridine rings is 1. The van der Waals surface area contributed by atoms with E-state index in [2.05, 4.69) is 11.4 Å². The molecule has 4 nitrogen and oxygen atoms in total. The molecule has 0 unspecified atom stereocenters. The maximum atomic E-state index is 14.0. The lowest BCUT2D eigenvalue weighted by Crippen LogP contribution is -2.29. The minimum absolute atomic E-state index is 0.0193. The molecule has 158 valence electrons. The van der Waals surface area contributed by atoms with E-state index in [0.717, 1.165) is 5.56 Å². The lowest BCUT2D eigenvalue weighted by molar-refractivity contribution is 0.0936. The van der Waals surface area contributed by atoms with Gasteiger partial charge in [-0.1, -0.05) is 67.6 Å². The van der Waals surface area contributed by atoms with Crippen LogP contribution >= 0.6 is 0 Å². The van der Waals surface area contributed by atoms with Gasteiger partial charge in [-0.2, -0.15) is 5.26 Å². The zero-order chi connectivity index (χ0) is 22.5. The van der Waals surface area contributed by atoms with Crippen LogP contribution in [-0.4, -0.2) is 10.9 Å². The van der Waals surface area contributed by atoms with E-state index in [1.807, 2.05) is 61.5 Å². The summed E-state index contributed by atoms with van der Waals surface area (Å²) in [6.07, 6.45) is 0.692. The van der Waals surface area contributed by atoms with Crippen molar-refractivity contribution in [3.63, 3.8) is 0 Å². The van der Waals surface area contributed by atoms with Crippen LogP contribution in [0.1, 0.15) is 40.9 Å². The Morgan fingerprint density at radius 3 is 2.53 bits per heavy atom. The Labute approximate surface area is 186 Å². The number of fused-ring (bicyclic) bond motifs is 1. The number of amides is 1. The number of hydrogen-bond donors (Lipinski definition) is 1. The number of aromatic nitrogens is 1. The van der Waals surface area contributed by atoms with Crippen LogP contribution in [0.15, 0.2) is 78.9 Å². The first-order chi connectivity index (χ1) is 15.6. The van der Waals surface area contributed by atoms with Crippen molar-refractivity contribution in [3.05, 3.63) is 101 Å². The average molecular weight is 423 g/mol. The largest absolute Gasteiger partial charge is 0.345 e. The lowest BCUT2D eigenvalue weighted by atomic mass is 9.93. The van der Waals surface area contributed by atoms with Gasteiger partial charge in [-0.15, -0.1) is 0 Å². The monoisotopic (exact) mass is 423 g/mol. The standard InChI is InChI=1S/C27H22FN3O/c1-2-23(18-9-4-3-5-10-18)31-27(32)25-21-13-6-7-14-24(21)30-26(22(25)15-16-29)19-11-8-12-20(28)17-19/h3-14,17,23H,2,15H2,1H3,(H,31,32)/t23-/m0/s1. The van der Waals surface area contributed by atoms with Crippen LogP contribution < -0.4 is 5.32 Å². The second kappa shape index (κ2) is 9.40. The number of carbonyl (C=O) groups excluding carboxylic acids is 1. The molecule has 1 amide bonds. The van der Waals surface area contributed by atoms with Crippen LogP contribution in [0.25, 0.3) is 22.2 Å². The molecule has 0 saturated carbocycles. The molecule has 0 aliphatic heterocycles. The highest BCUT2D eigenvalue weighted by Crippen LogP contribution is 2.31. The van der Waals surface area contributed by atoms with Crippen molar-refractivity contribution < 1.29 is 9.18 Å². The van der Waals surface area contributed by atoms with Crippen molar-refractivity contribution in [2.24, 2.45) is 0 Å². The second-order valence-electron chi connectivity index (χ2n) is 7.52. The fourth-order valence-corrected chi connectivity index (χ4v) is 3.97. The van der Waals surface area contributed by atoms with E-state index in [4.69, 9.17) is 4.98 Å². The third-order valence-electron chi connectivity index (χ3n) is 5.49. The van der Waals surface area contributed by atoms with Gasteiger partial charge in [0.15, 0.2) is 0 Å². The summed E-state index contributed by atoms with van der Waals surface area (Å²) in [5.41, 5.74) is 3.51. The molecule has 4 rings (SSSR count). The summed E-state index contributed by atoms with van der Waals surface area (Å²) in [7, 11) is 0. The Kier molecular flexibility index (Phi) is 6.23. The summed E-state index contributed by atoms with van der Waals surface area (Å²) in [4.78, 5) is 18.3. The molecule has 0 bridgehead atoms. The molecule has 1 aromatic heterocycles. The van der Waals surface area contributed by atoms with Crippen LogP contribution in [-0.2, 0) is 6.42 Å². The molecule has 0 saturated heterocycles. The van der Waals surface area contributed by atoms with E-state index in [9.17, 15) is 14.4 Å². The average Bonchev–Trinajstić information content (AvgIpc) is 2.82. The molecular weight excluding hydrogens is 401 g/mol. The summed E-state index contributed by atoms with van der Waals surface area (Å²) in [5.74, 6) is -0.677. The minimum atomic E-state index is -0.401. The highest BCUT2D eigenvalue weighted by molar-refractivity contribution is 6.09. The maximum Gasteiger partial charge on any atom is 0.252 e. The molecule has 32 heavy (non-hydrogen) atoms. The molecule has 0 spiro atoms.